The van der Waals surface area contributed by atoms with Crippen molar-refractivity contribution in [2.75, 3.05) is 13.1 Å². The number of amidine groups is 1. The predicted molar refractivity (Wildman–Crippen MR) is 73.8 cm³/mol. The maximum Gasteiger partial charge on any atom is 0.161 e. The number of nitrogens with zero attached hydrogens (tertiary/aromatic N) is 2. The molecule has 88 valence electrons. The zero-order valence-corrected chi connectivity index (χ0v) is 10.8. The monoisotopic (exact) mass is 245 g/mol. The maximum atomic E-state index is 4.45. The molecular weight excluding hydrogens is 230 g/mol. The number of nitrogens with one attached hydrogen (secondary N) is 1. The van der Waals surface area contributed by atoms with Crippen LogP contribution in [-0.2, 0) is 7.05 Å². The molecule has 3 nitrogen and oxygen atoms in total. The third-order valence-corrected chi connectivity index (χ3v) is 4.37. The van der Waals surface area contributed by atoms with Gasteiger partial charge in [-0.1, -0.05) is 30.0 Å². The van der Waals surface area contributed by atoms with E-state index >= 15 is 0 Å². The van der Waals surface area contributed by atoms with Gasteiger partial charge >= 0.3 is 0 Å². The lowest BCUT2D eigenvalue weighted by atomic mass is 10.2. The zero-order valence-electron chi connectivity index (χ0n) is 10.0. The Labute approximate surface area is 105 Å². The largest absolute Gasteiger partial charge is 0.363 e. The second-order valence-electron chi connectivity index (χ2n) is 4.21. The summed E-state index contributed by atoms with van der Waals surface area (Å²) in [5.41, 5.74) is 2.58. The van der Waals surface area contributed by atoms with Gasteiger partial charge in [0.15, 0.2) is 5.17 Å². The standard InChI is InChI=1S/C13H15N3S/c1-9-12(17-13-14-7-8-15-13)10-5-3-4-6-11(10)16(9)2/h3-6H,7-8H2,1-2H3,(H,14,15). The second kappa shape index (κ2) is 4.11. The molecule has 0 atom stereocenters. The first-order valence-electron chi connectivity index (χ1n) is 5.77. The number of benzene rings is 1. The Morgan fingerprint density at radius 3 is 2.94 bits per heavy atom. The molecule has 17 heavy (non-hydrogen) atoms. The van der Waals surface area contributed by atoms with Gasteiger partial charge in [0.25, 0.3) is 0 Å². The van der Waals surface area contributed by atoms with E-state index in [4.69, 9.17) is 0 Å². The second-order valence-corrected chi connectivity index (χ2v) is 5.21. The van der Waals surface area contributed by atoms with Crippen molar-refractivity contribution in [2.45, 2.75) is 11.8 Å². The summed E-state index contributed by atoms with van der Waals surface area (Å²) in [4.78, 5) is 5.76. The number of para-hydroxylation sites is 1. The zero-order chi connectivity index (χ0) is 11.8. The number of rotatable bonds is 1. The van der Waals surface area contributed by atoms with Crippen molar-refractivity contribution in [2.24, 2.45) is 12.0 Å². The first-order chi connectivity index (χ1) is 8.27. The molecule has 1 N–H and O–H groups in total. The van der Waals surface area contributed by atoms with Crippen molar-refractivity contribution in [1.82, 2.24) is 9.88 Å². The van der Waals surface area contributed by atoms with Gasteiger partial charge in [-0.15, -0.1) is 0 Å². The minimum atomic E-state index is 0.895. The number of thioether (sulfide) groups is 1. The first-order valence-corrected chi connectivity index (χ1v) is 6.59. The topological polar surface area (TPSA) is 29.3 Å². The Balaban J connectivity index is 2.11. The number of aromatic nitrogens is 1. The molecule has 0 bridgehead atoms. The Kier molecular flexibility index (Phi) is 2.59. The molecule has 0 aliphatic carbocycles. The molecule has 0 radical (unpaired) electrons. The molecule has 1 aliphatic heterocycles. The van der Waals surface area contributed by atoms with E-state index in [-0.39, 0.29) is 0 Å². The van der Waals surface area contributed by atoms with Gasteiger partial charge in [-0.2, -0.15) is 0 Å². The molecule has 0 fully saturated rings. The lowest BCUT2D eigenvalue weighted by molar-refractivity contribution is 0.901. The smallest absolute Gasteiger partial charge is 0.161 e. The molecule has 0 saturated carbocycles. The molecule has 2 heterocycles. The predicted octanol–water partition coefficient (Wildman–Crippen LogP) is 2.54. The lowest BCUT2D eigenvalue weighted by Crippen LogP contribution is -2.14. The van der Waals surface area contributed by atoms with Gasteiger partial charge in [0.2, 0.25) is 0 Å². The van der Waals surface area contributed by atoms with Crippen LogP contribution in [0.5, 0.6) is 0 Å². The molecule has 3 rings (SSSR count). The summed E-state index contributed by atoms with van der Waals surface area (Å²) in [6.45, 7) is 4.02. The van der Waals surface area contributed by atoms with Crippen molar-refractivity contribution in [1.29, 1.82) is 0 Å². The number of hydrogen-bond donors (Lipinski definition) is 1. The SMILES string of the molecule is Cc1c(SC2=NCCN2)c2ccccc2n1C. The van der Waals surface area contributed by atoms with Crippen LogP contribution in [0, 0.1) is 6.92 Å². The van der Waals surface area contributed by atoms with E-state index in [9.17, 15) is 0 Å². The molecule has 0 saturated heterocycles. The fourth-order valence-corrected chi connectivity index (χ4v) is 3.25. The van der Waals surface area contributed by atoms with Crippen LogP contribution in [0.1, 0.15) is 5.69 Å². The van der Waals surface area contributed by atoms with Crippen LogP contribution in [0.4, 0.5) is 0 Å². The van der Waals surface area contributed by atoms with E-state index in [2.05, 4.69) is 53.1 Å². The van der Waals surface area contributed by atoms with Gasteiger partial charge in [0, 0.05) is 35.1 Å². The van der Waals surface area contributed by atoms with Gasteiger partial charge in [0.05, 0.1) is 6.54 Å². The van der Waals surface area contributed by atoms with E-state index in [1.165, 1.54) is 21.5 Å². The van der Waals surface area contributed by atoms with Crippen molar-refractivity contribution < 1.29 is 0 Å². The molecule has 1 aliphatic rings. The summed E-state index contributed by atoms with van der Waals surface area (Å²) in [5, 5.41) is 5.67. The van der Waals surface area contributed by atoms with Gasteiger partial charge in [-0.25, -0.2) is 0 Å². The average molecular weight is 245 g/mol. The highest BCUT2D eigenvalue weighted by atomic mass is 32.2. The highest BCUT2D eigenvalue weighted by molar-refractivity contribution is 8.14. The Hall–Kier alpha value is -1.42. The van der Waals surface area contributed by atoms with Gasteiger partial charge in [-0.05, 0) is 13.0 Å². The molecule has 2 aromatic rings. The summed E-state index contributed by atoms with van der Waals surface area (Å²) in [7, 11) is 2.12. The summed E-state index contributed by atoms with van der Waals surface area (Å²) in [6, 6.07) is 8.52. The van der Waals surface area contributed by atoms with Crippen LogP contribution in [-0.4, -0.2) is 22.8 Å². The minimum absolute atomic E-state index is 0.895. The van der Waals surface area contributed by atoms with E-state index < -0.39 is 0 Å². The molecule has 0 amide bonds. The normalized spacial score (nSPS) is 15.1. The van der Waals surface area contributed by atoms with Crippen LogP contribution in [0.2, 0.25) is 0 Å². The average Bonchev–Trinajstić information content (AvgIpc) is 2.94. The van der Waals surface area contributed by atoms with Crippen LogP contribution in [0.15, 0.2) is 34.2 Å². The van der Waals surface area contributed by atoms with Gasteiger partial charge in [-0.3, -0.25) is 4.99 Å². The van der Waals surface area contributed by atoms with E-state index in [0.717, 1.165) is 18.3 Å². The van der Waals surface area contributed by atoms with Crippen molar-refractivity contribution in [3.8, 4) is 0 Å². The van der Waals surface area contributed by atoms with Gasteiger partial charge < -0.3 is 9.88 Å². The van der Waals surface area contributed by atoms with E-state index in [1.54, 1.807) is 11.8 Å². The fraction of sp³-hybridized carbons (Fsp3) is 0.308. The number of aliphatic imine (C=N–C) groups is 1. The molecule has 0 spiro atoms. The Morgan fingerprint density at radius 2 is 2.18 bits per heavy atom. The van der Waals surface area contributed by atoms with Crippen molar-refractivity contribution >= 4 is 27.8 Å². The summed E-state index contributed by atoms with van der Waals surface area (Å²) in [5.74, 6) is 0. The number of fused-ring (bicyclic) bond motifs is 1. The number of aryl methyl sites for hydroxylation is 1. The third-order valence-electron chi connectivity index (χ3n) is 3.18. The van der Waals surface area contributed by atoms with E-state index in [1.807, 2.05) is 0 Å². The quantitative estimate of drug-likeness (QED) is 0.836. The van der Waals surface area contributed by atoms with Crippen molar-refractivity contribution in [3.63, 3.8) is 0 Å². The highest BCUT2D eigenvalue weighted by Gasteiger charge is 2.15. The molecule has 0 unspecified atom stereocenters. The first kappa shape index (κ1) is 10.7. The van der Waals surface area contributed by atoms with E-state index in [0.29, 0.717) is 0 Å². The molecule has 1 aromatic carbocycles. The Bertz CT molecular complexity index is 598. The maximum absolute atomic E-state index is 4.45. The van der Waals surface area contributed by atoms with Crippen LogP contribution < -0.4 is 5.32 Å². The molecule has 1 aromatic heterocycles. The summed E-state index contributed by atoms with van der Waals surface area (Å²) < 4.78 is 2.24. The summed E-state index contributed by atoms with van der Waals surface area (Å²) in [6.07, 6.45) is 0. The van der Waals surface area contributed by atoms with Crippen LogP contribution in [0.3, 0.4) is 0 Å². The number of hydrogen-bond acceptors (Lipinski definition) is 3. The third kappa shape index (κ3) is 1.72. The minimum Gasteiger partial charge on any atom is -0.363 e. The molecule has 4 heteroatoms. The van der Waals surface area contributed by atoms with Crippen molar-refractivity contribution in [3.05, 3.63) is 30.0 Å². The lowest BCUT2D eigenvalue weighted by Gasteiger charge is -2.02. The summed E-state index contributed by atoms with van der Waals surface area (Å²) >= 11 is 1.75. The fourth-order valence-electron chi connectivity index (χ4n) is 2.16. The van der Waals surface area contributed by atoms with Gasteiger partial charge in [0.1, 0.15) is 0 Å². The van der Waals surface area contributed by atoms with Crippen LogP contribution in [0.25, 0.3) is 10.9 Å². The van der Waals surface area contributed by atoms with Crippen LogP contribution >= 0.6 is 11.8 Å². The highest BCUT2D eigenvalue weighted by Crippen LogP contribution is 2.33. The Morgan fingerprint density at radius 1 is 1.35 bits per heavy atom. The molecular formula is C13H15N3S.